The second-order valence-corrected chi connectivity index (χ2v) is 4.35. The standard InChI is InChI=1S/C15H21NO3/c1-3-19-10-9-16(2)12-14-6-4-5-13(11-14)7-8-15(17)18/h4-8,11H,3,9-10,12H2,1-2H3,(H,17,18)/b8-7+. The van der Waals surface area contributed by atoms with Gasteiger partial charge in [0.2, 0.25) is 0 Å². The summed E-state index contributed by atoms with van der Waals surface area (Å²) in [6.07, 6.45) is 2.75. The Kier molecular flexibility index (Phi) is 6.85. The molecule has 19 heavy (non-hydrogen) atoms. The van der Waals surface area contributed by atoms with Gasteiger partial charge < -0.3 is 9.84 Å². The molecule has 0 spiro atoms. The first-order valence-electron chi connectivity index (χ1n) is 6.38. The molecule has 0 unspecified atom stereocenters. The van der Waals surface area contributed by atoms with E-state index in [1.165, 1.54) is 0 Å². The minimum absolute atomic E-state index is 0.728. The molecule has 4 heteroatoms. The van der Waals surface area contributed by atoms with E-state index in [0.29, 0.717) is 0 Å². The maximum atomic E-state index is 10.5. The first-order valence-corrected chi connectivity index (χ1v) is 6.38. The van der Waals surface area contributed by atoms with Gasteiger partial charge in [-0.2, -0.15) is 0 Å². The summed E-state index contributed by atoms with van der Waals surface area (Å²) in [6.45, 7) is 5.15. The van der Waals surface area contributed by atoms with Crippen LogP contribution in [0.5, 0.6) is 0 Å². The van der Waals surface area contributed by atoms with Gasteiger partial charge in [0.1, 0.15) is 0 Å². The Morgan fingerprint density at radius 3 is 2.95 bits per heavy atom. The zero-order chi connectivity index (χ0) is 14.1. The lowest BCUT2D eigenvalue weighted by Gasteiger charge is -2.16. The van der Waals surface area contributed by atoms with Gasteiger partial charge in [-0.15, -0.1) is 0 Å². The second kappa shape index (κ2) is 8.45. The smallest absolute Gasteiger partial charge is 0.328 e. The van der Waals surface area contributed by atoms with Gasteiger partial charge in [-0.25, -0.2) is 4.79 Å². The minimum Gasteiger partial charge on any atom is -0.478 e. The van der Waals surface area contributed by atoms with E-state index in [1.807, 2.05) is 38.2 Å². The summed E-state index contributed by atoms with van der Waals surface area (Å²) in [6, 6.07) is 7.86. The molecule has 0 amide bonds. The van der Waals surface area contributed by atoms with Gasteiger partial charge >= 0.3 is 5.97 Å². The highest BCUT2D eigenvalue weighted by atomic mass is 16.5. The Hall–Kier alpha value is -1.65. The van der Waals surface area contributed by atoms with Crippen LogP contribution in [0.15, 0.2) is 30.3 Å². The van der Waals surface area contributed by atoms with Crippen LogP contribution in [0.1, 0.15) is 18.1 Å². The van der Waals surface area contributed by atoms with Gasteiger partial charge in [0, 0.05) is 25.8 Å². The van der Waals surface area contributed by atoms with Crippen molar-refractivity contribution in [3.05, 3.63) is 41.5 Å². The van der Waals surface area contributed by atoms with E-state index in [2.05, 4.69) is 4.90 Å². The Labute approximate surface area is 114 Å². The number of ether oxygens (including phenoxy) is 1. The first-order chi connectivity index (χ1) is 9.11. The average Bonchev–Trinajstić information content (AvgIpc) is 2.37. The molecule has 0 atom stereocenters. The molecule has 1 aromatic carbocycles. The van der Waals surface area contributed by atoms with Crippen molar-refractivity contribution < 1.29 is 14.6 Å². The number of rotatable bonds is 8. The molecule has 1 aromatic rings. The molecule has 0 bridgehead atoms. The number of hydrogen-bond donors (Lipinski definition) is 1. The molecule has 0 aromatic heterocycles. The fourth-order valence-corrected chi connectivity index (χ4v) is 1.72. The van der Waals surface area contributed by atoms with Crippen LogP contribution in [0.2, 0.25) is 0 Å². The van der Waals surface area contributed by atoms with E-state index in [4.69, 9.17) is 9.84 Å². The number of carbonyl (C=O) groups is 1. The monoisotopic (exact) mass is 263 g/mol. The number of carboxylic acid groups (broad SMARTS) is 1. The van der Waals surface area contributed by atoms with Crippen molar-refractivity contribution >= 4 is 12.0 Å². The molecule has 0 radical (unpaired) electrons. The van der Waals surface area contributed by atoms with Crippen LogP contribution in [0.25, 0.3) is 6.08 Å². The topological polar surface area (TPSA) is 49.8 Å². The number of likely N-dealkylation sites (N-methyl/N-ethyl adjacent to an activating group) is 1. The van der Waals surface area contributed by atoms with Gasteiger partial charge in [-0.1, -0.05) is 24.3 Å². The normalized spacial score (nSPS) is 11.3. The molecule has 1 rings (SSSR count). The quantitative estimate of drug-likeness (QED) is 0.577. The van der Waals surface area contributed by atoms with E-state index >= 15 is 0 Å². The van der Waals surface area contributed by atoms with Crippen molar-refractivity contribution in [1.82, 2.24) is 4.90 Å². The maximum Gasteiger partial charge on any atom is 0.328 e. The highest BCUT2D eigenvalue weighted by Crippen LogP contribution is 2.09. The average molecular weight is 263 g/mol. The summed E-state index contributed by atoms with van der Waals surface area (Å²) in [5.41, 5.74) is 2.06. The van der Waals surface area contributed by atoms with Crippen LogP contribution >= 0.6 is 0 Å². The Balaban J connectivity index is 2.54. The second-order valence-electron chi connectivity index (χ2n) is 4.35. The molecule has 0 aliphatic carbocycles. The van der Waals surface area contributed by atoms with Gasteiger partial charge in [0.25, 0.3) is 0 Å². The summed E-state index contributed by atoms with van der Waals surface area (Å²) in [5, 5.41) is 8.60. The van der Waals surface area contributed by atoms with Crippen LogP contribution in [0.3, 0.4) is 0 Å². The number of benzene rings is 1. The Morgan fingerprint density at radius 1 is 1.47 bits per heavy atom. The number of aliphatic carboxylic acids is 1. The molecule has 0 aliphatic rings. The van der Waals surface area contributed by atoms with Crippen LogP contribution < -0.4 is 0 Å². The van der Waals surface area contributed by atoms with Crippen LogP contribution in [0.4, 0.5) is 0 Å². The summed E-state index contributed by atoms with van der Waals surface area (Å²) < 4.78 is 5.31. The molecule has 4 nitrogen and oxygen atoms in total. The molecule has 1 N–H and O–H groups in total. The number of hydrogen-bond acceptors (Lipinski definition) is 3. The predicted molar refractivity (Wildman–Crippen MR) is 75.9 cm³/mol. The van der Waals surface area contributed by atoms with E-state index in [9.17, 15) is 4.79 Å². The van der Waals surface area contributed by atoms with E-state index in [1.54, 1.807) is 6.08 Å². The van der Waals surface area contributed by atoms with Crippen LogP contribution in [0, 0.1) is 0 Å². The van der Waals surface area contributed by atoms with Gasteiger partial charge in [-0.3, -0.25) is 4.90 Å². The third-order valence-corrected chi connectivity index (χ3v) is 2.64. The van der Waals surface area contributed by atoms with Crippen molar-refractivity contribution in [1.29, 1.82) is 0 Å². The van der Waals surface area contributed by atoms with Crippen molar-refractivity contribution in [3.8, 4) is 0 Å². The van der Waals surface area contributed by atoms with Crippen LogP contribution in [-0.4, -0.2) is 42.8 Å². The SMILES string of the molecule is CCOCCN(C)Cc1cccc(/C=C/C(=O)O)c1. The fraction of sp³-hybridized carbons (Fsp3) is 0.400. The van der Waals surface area contributed by atoms with E-state index in [-0.39, 0.29) is 0 Å². The van der Waals surface area contributed by atoms with Crippen LogP contribution in [-0.2, 0) is 16.1 Å². The zero-order valence-corrected chi connectivity index (χ0v) is 11.5. The molecule has 104 valence electrons. The maximum absolute atomic E-state index is 10.5. The van der Waals surface area contributed by atoms with Gasteiger partial charge in [0.05, 0.1) is 6.61 Å². The molecule has 0 aliphatic heterocycles. The molecule has 0 saturated carbocycles. The third-order valence-electron chi connectivity index (χ3n) is 2.64. The van der Waals surface area contributed by atoms with Crippen molar-refractivity contribution in [2.24, 2.45) is 0 Å². The number of nitrogens with zero attached hydrogens (tertiary/aromatic N) is 1. The Morgan fingerprint density at radius 2 is 2.26 bits per heavy atom. The Bertz CT molecular complexity index is 429. The highest BCUT2D eigenvalue weighted by Gasteiger charge is 2.00. The first kappa shape index (κ1) is 15.4. The van der Waals surface area contributed by atoms with E-state index in [0.717, 1.165) is 43.5 Å². The highest BCUT2D eigenvalue weighted by molar-refractivity contribution is 5.85. The van der Waals surface area contributed by atoms with Crippen molar-refractivity contribution in [2.75, 3.05) is 26.8 Å². The summed E-state index contributed by atoms with van der Waals surface area (Å²) in [7, 11) is 2.04. The molecule has 0 heterocycles. The number of carboxylic acids is 1. The molecular formula is C15H21NO3. The van der Waals surface area contributed by atoms with Gasteiger partial charge in [0.15, 0.2) is 0 Å². The summed E-state index contributed by atoms with van der Waals surface area (Å²) in [4.78, 5) is 12.6. The van der Waals surface area contributed by atoms with Gasteiger partial charge in [-0.05, 0) is 31.2 Å². The molecule has 0 saturated heterocycles. The van der Waals surface area contributed by atoms with Crippen molar-refractivity contribution in [2.45, 2.75) is 13.5 Å². The molecular weight excluding hydrogens is 242 g/mol. The van der Waals surface area contributed by atoms with E-state index < -0.39 is 5.97 Å². The van der Waals surface area contributed by atoms with Crippen molar-refractivity contribution in [3.63, 3.8) is 0 Å². The lowest BCUT2D eigenvalue weighted by molar-refractivity contribution is -0.131. The molecule has 0 fully saturated rings. The zero-order valence-electron chi connectivity index (χ0n) is 11.5. The summed E-state index contributed by atoms with van der Waals surface area (Å²) in [5.74, 6) is -0.931. The lowest BCUT2D eigenvalue weighted by Crippen LogP contribution is -2.22. The third kappa shape index (κ3) is 6.74. The summed E-state index contributed by atoms with van der Waals surface area (Å²) >= 11 is 0. The minimum atomic E-state index is -0.931. The lowest BCUT2D eigenvalue weighted by atomic mass is 10.1. The predicted octanol–water partition coefficient (Wildman–Crippen LogP) is 2.25. The fourth-order valence-electron chi connectivity index (χ4n) is 1.72. The largest absolute Gasteiger partial charge is 0.478 e.